The van der Waals surface area contributed by atoms with E-state index in [-0.39, 0.29) is 41.2 Å². The van der Waals surface area contributed by atoms with Crippen molar-refractivity contribution in [3.05, 3.63) is 47.0 Å². The van der Waals surface area contributed by atoms with Crippen LogP contribution in [0.2, 0.25) is 0 Å². The van der Waals surface area contributed by atoms with Gasteiger partial charge in [-0.15, -0.1) is 0 Å². The van der Waals surface area contributed by atoms with Gasteiger partial charge in [-0.2, -0.15) is 0 Å². The standard InChI is InChI=1S/C22H26O10/c1-10-14(26)8-15(31-22-21(30)20(29)19(28)16(9-23)32-22)17(18(10)27)13(25)7-4-11-2-5-12(24)6-3-11/h2-3,5-6,8,16,19-24,26-30H,4,7,9H2,1H3/t16?,19-,20?,21+,22-/m1/s1. The second-order valence-electron chi connectivity index (χ2n) is 7.65. The first-order valence-electron chi connectivity index (χ1n) is 9.97. The second kappa shape index (κ2) is 9.72. The zero-order valence-corrected chi connectivity index (χ0v) is 17.3. The van der Waals surface area contributed by atoms with Gasteiger partial charge in [-0.1, -0.05) is 12.1 Å². The van der Waals surface area contributed by atoms with Crippen LogP contribution in [0.5, 0.6) is 23.0 Å². The van der Waals surface area contributed by atoms with E-state index >= 15 is 0 Å². The number of ether oxygens (including phenoxy) is 2. The van der Waals surface area contributed by atoms with Crippen molar-refractivity contribution in [2.24, 2.45) is 0 Å². The van der Waals surface area contributed by atoms with E-state index in [0.29, 0.717) is 0 Å². The number of benzene rings is 2. The van der Waals surface area contributed by atoms with Gasteiger partial charge in [0.2, 0.25) is 6.29 Å². The van der Waals surface area contributed by atoms with Crippen LogP contribution in [0, 0.1) is 6.92 Å². The Morgan fingerprint density at radius 3 is 2.31 bits per heavy atom. The molecule has 0 spiro atoms. The molecule has 10 heteroatoms. The normalized spacial score (nSPS) is 25.5. The van der Waals surface area contributed by atoms with Crippen LogP contribution in [0.4, 0.5) is 0 Å². The van der Waals surface area contributed by atoms with Gasteiger partial charge in [0.1, 0.15) is 53.0 Å². The number of Topliss-reactive ketones (excluding diaryl/α,β-unsaturated/α-hetero) is 1. The topological polar surface area (TPSA) is 177 Å². The molecule has 0 radical (unpaired) electrons. The molecule has 3 rings (SSSR count). The van der Waals surface area contributed by atoms with E-state index in [1.807, 2.05) is 0 Å². The summed E-state index contributed by atoms with van der Waals surface area (Å²) in [5.74, 6) is -1.64. The van der Waals surface area contributed by atoms with Gasteiger partial charge in [0.15, 0.2) is 5.78 Å². The number of hydrogen-bond donors (Lipinski definition) is 7. The van der Waals surface area contributed by atoms with Crippen molar-refractivity contribution < 1.29 is 50.0 Å². The molecule has 10 nitrogen and oxygen atoms in total. The quantitative estimate of drug-likeness (QED) is 0.286. The summed E-state index contributed by atoms with van der Waals surface area (Å²) >= 11 is 0. The Morgan fingerprint density at radius 1 is 1.03 bits per heavy atom. The van der Waals surface area contributed by atoms with Crippen LogP contribution < -0.4 is 4.74 Å². The fourth-order valence-corrected chi connectivity index (χ4v) is 3.43. The molecule has 1 aliphatic heterocycles. The Bertz CT molecular complexity index is 956. The monoisotopic (exact) mass is 450 g/mol. The Labute approximate surface area is 183 Å². The summed E-state index contributed by atoms with van der Waals surface area (Å²) in [5, 5.41) is 69.4. The molecule has 0 aromatic heterocycles. The number of aliphatic hydroxyl groups is 4. The summed E-state index contributed by atoms with van der Waals surface area (Å²) in [7, 11) is 0. The van der Waals surface area contributed by atoms with E-state index in [1.54, 1.807) is 12.1 Å². The predicted molar refractivity (Wildman–Crippen MR) is 110 cm³/mol. The number of phenols is 3. The first-order valence-corrected chi connectivity index (χ1v) is 9.97. The molecular weight excluding hydrogens is 424 g/mol. The smallest absolute Gasteiger partial charge is 0.229 e. The number of carbonyl (C=O) groups is 1. The highest BCUT2D eigenvalue weighted by atomic mass is 16.7. The zero-order chi connectivity index (χ0) is 23.6. The maximum atomic E-state index is 12.9. The van der Waals surface area contributed by atoms with E-state index in [2.05, 4.69) is 0 Å². The molecule has 1 saturated heterocycles. The fraction of sp³-hybridized carbons (Fsp3) is 0.409. The van der Waals surface area contributed by atoms with Crippen molar-refractivity contribution in [3.63, 3.8) is 0 Å². The average Bonchev–Trinajstić information content (AvgIpc) is 2.77. The number of aromatic hydroxyl groups is 3. The zero-order valence-electron chi connectivity index (χ0n) is 17.3. The summed E-state index contributed by atoms with van der Waals surface area (Å²) in [5.41, 5.74) is 0.553. The molecule has 7 N–H and O–H groups in total. The molecule has 2 unspecified atom stereocenters. The van der Waals surface area contributed by atoms with Gasteiger partial charge < -0.3 is 45.2 Å². The second-order valence-corrected chi connectivity index (χ2v) is 7.65. The van der Waals surface area contributed by atoms with Crippen molar-refractivity contribution in [1.82, 2.24) is 0 Å². The first kappa shape index (κ1) is 23.8. The highest BCUT2D eigenvalue weighted by Crippen LogP contribution is 2.39. The first-order chi connectivity index (χ1) is 15.1. The Hall–Kier alpha value is -2.89. The molecular formula is C22H26O10. The molecule has 2 aromatic carbocycles. The molecule has 1 fully saturated rings. The van der Waals surface area contributed by atoms with Gasteiger partial charge in [-0.3, -0.25) is 4.79 Å². The van der Waals surface area contributed by atoms with Crippen LogP contribution in [0.1, 0.15) is 27.9 Å². The maximum absolute atomic E-state index is 12.9. The number of aliphatic hydroxyl groups excluding tert-OH is 4. The van der Waals surface area contributed by atoms with Gasteiger partial charge in [0.25, 0.3) is 0 Å². The summed E-state index contributed by atoms with van der Waals surface area (Å²) in [6.45, 7) is 0.729. The van der Waals surface area contributed by atoms with Crippen LogP contribution in [0.15, 0.2) is 30.3 Å². The fourth-order valence-electron chi connectivity index (χ4n) is 3.43. The summed E-state index contributed by atoms with van der Waals surface area (Å²) in [6, 6.07) is 7.33. The van der Waals surface area contributed by atoms with E-state index in [9.17, 15) is 40.5 Å². The lowest BCUT2D eigenvalue weighted by atomic mass is 9.97. The lowest BCUT2D eigenvalue weighted by Gasteiger charge is -2.39. The van der Waals surface area contributed by atoms with Gasteiger partial charge in [0.05, 0.1) is 6.61 Å². The summed E-state index contributed by atoms with van der Waals surface area (Å²) < 4.78 is 10.8. The number of rotatable bonds is 7. The Morgan fingerprint density at radius 2 is 1.69 bits per heavy atom. The van der Waals surface area contributed by atoms with Crippen molar-refractivity contribution in [1.29, 1.82) is 0 Å². The third kappa shape index (κ3) is 4.79. The van der Waals surface area contributed by atoms with Crippen LogP contribution >= 0.6 is 0 Å². The van der Waals surface area contributed by atoms with E-state index < -0.39 is 48.8 Å². The molecule has 2 aromatic rings. The number of aryl methyl sites for hydroxylation is 1. The van der Waals surface area contributed by atoms with Crippen molar-refractivity contribution in [2.45, 2.75) is 50.5 Å². The van der Waals surface area contributed by atoms with Crippen LogP contribution in [0.25, 0.3) is 0 Å². The molecule has 1 heterocycles. The maximum Gasteiger partial charge on any atom is 0.229 e. The van der Waals surface area contributed by atoms with E-state index in [4.69, 9.17) is 9.47 Å². The molecule has 5 atom stereocenters. The summed E-state index contributed by atoms with van der Waals surface area (Å²) in [4.78, 5) is 12.9. The van der Waals surface area contributed by atoms with Crippen molar-refractivity contribution in [2.75, 3.05) is 6.61 Å². The Kier molecular flexibility index (Phi) is 7.22. The Balaban J connectivity index is 1.87. The SMILES string of the molecule is Cc1c(O)cc(O[C@@H]2OC(CO)[C@@H](O)C(O)[C@@H]2O)c(C(=O)CCc2ccc(O)cc2)c1O. The lowest BCUT2D eigenvalue weighted by molar-refractivity contribution is -0.277. The third-order valence-corrected chi connectivity index (χ3v) is 5.44. The molecule has 32 heavy (non-hydrogen) atoms. The van der Waals surface area contributed by atoms with Crippen LogP contribution in [-0.4, -0.2) is 78.8 Å². The predicted octanol–water partition coefficient (Wildman–Crippen LogP) is 0.106. The minimum Gasteiger partial charge on any atom is -0.508 e. The van der Waals surface area contributed by atoms with Crippen molar-refractivity contribution >= 4 is 5.78 Å². The number of ketones is 1. The average molecular weight is 450 g/mol. The molecule has 174 valence electrons. The molecule has 0 saturated carbocycles. The number of carbonyl (C=O) groups excluding carboxylic acids is 1. The van der Waals surface area contributed by atoms with Crippen LogP contribution in [0.3, 0.4) is 0 Å². The summed E-state index contributed by atoms with van der Waals surface area (Å²) in [6.07, 6.45) is -7.63. The van der Waals surface area contributed by atoms with Gasteiger partial charge in [0, 0.05) is 18.1 Å². The van der Waals surface area contributed by atoms with E-state index in [1.165, 1.54) is 19.1 Å². The van der Waals surface area contributed by atoms with Crippen molar-refractivity contribution in [3.8, 4) is 23.0 Å². The highest BCUT2D eigenvalue weighted by molar-refractivity contribution is 6.02. The largest absolute Gasteiger partial charge is 0.508 e. The molecule has 0 bridgehead atoms. The van der Waals surface area contributed by atoms with E-state index in [0.717, 1.165) is 11.6 Å². The number of phenolic OH excluding ortho intramolecular Hbond substituents is 3. The van der Waals surface area contributed by atoms with Gasteiger partial charge >= 0.3 is 0 Å². The van der Waals surface area contributed by atoms with Crippen LogP contribution in [-0.2, 0) is 11.2 Å². The minimum absolute atomic E-state index is 0.0409. The molecule has 0 amide bonds. The molecule has 0 aliphatic carbocycles. The molecule has 1 aliphatic rings. The third-order valence-electron chi connectivity index (χ3n) is 5.44. The van der Waals surface area contributed by atoms with Gasteiger partial charge in [-0.05, 0) is 31.0 Å². The van der Waals surface area contributed by atoms with Gasteiger partial charge in [-0.25, -0.2) is 0 Å². The highest BCUT2D eigenvalue weighted by Gasteiger charge is 2.45. The lowest BCUT2D eigenvalue weighted by Crippen LogP contribution is -2.60. The minimum atomic E-state index is -1.74. The number of hydrogen-bond acceptors (Lipinski definition) is 10.